The first-order valence-electron chi connectivity index (χ1n) is 5.56. The Kier molecular flexibility index (Phi) is 2.73. The maximum Gasteiger partial charge on any atom is 0.178 e. The minimum absolute atomic E-state index is 0.140. The number of hydrogen-bond donors (Lipinski definition) is 2. The first-order chi connectivity index (χ1) is 8.58. The van der Waals surface area contributed by atoms with Gasteiger partial charge in [0.25, 0.3) is 0 Å². The fourth-order valence-corrected chi connectivity index (χ4v) is 2.55. The van der Waals surface area contributed by atoms with Crippen molar-refractivity contribution in [3.63, 3.8) is 0 Å². The molecule has 1 atom stereocenters. The standard InChI is InChI=1S/C10H12Cl2N6/c11-6-3-15-18-8(14)7(12)10(16-9(6)18)17-2-1-5(13)4-17/h3,5H,1-2,4,13-14H2/t5-/m0/s1. The molecular formula is C10H12Cl2N6. The van der Waals surface area contributed by atoms with E-state index in [1.165, 1.54) is 10.7 Å². The first-order valence-corrected chi connectivity index (χ1v) is 6.32. The first kappa shape index (κ1) is 11.8. The number of hydrogen-bond acceptors (Lipinski definition) is 5. The molecule has 0 unspecified atom stereocenters. The van der Waals surface area contributed by atoms with Gasteiger partial charge in [-0.05, 0) is 6.42 Å². The zero-order chi connectivity index (χ0) is 12.9. The van der Waals surface area contributed by atoms with Gasteiger partial charge >= 0.3 is 0 Å². The summed E-state index contributed by atoms with van der Waals surface area (Å²) in [5.41, 5.74) is 12.3. The van der Waals surface area contributed by atoms with Crippen molar-refractivity contribution in [3.8, 4) is 0 Å². The Morgan fingerprint density at radius 3 is 2.83 bits per heavy atom. The SMILES string of the molecule is Nc1c(Cl)c(N2CC[C@H](N)C2)nc2c(Cl)cnn12. The van der Waals surface area contributed by atoms with Crippen LogP contribution in [0.15, 0.2) is 6.20 Å². The molecule has 1 aliphatic heterocycles. The molecule has 0 bridgehead atoms. The molecule has 18 heavy (non-hydrogen) atoms. The summed E-state index contributed by atoms with van der Waals surface area (Å²) < 4.78 is 1.43. The van der Waals surface area contributed by atoms with Crippen molar-refractivity contribution < 1.29 is 0 Å². The minimum atomic E-state index is 0.140. The lowest BCUT2D eigenvalue weighted by atomic mass is 10.3. The zero-order valence-corrected chi connectivity index (χ0v) is 11.0. The second-order valence-electron chi connectivity index (χ2n) is 4.36. The summed E-state index contributed by atoms with van der Waals surface area (Å²) in [6.45, 7) is 1.53. The minimum Gasteiger partial charge on any atom is -0.382 e. The largest absolute Gasteiger partial charge is 0.382 e. The summed E-state index contributed by atoms with van der Waals surface area (Å²) in [6, 6.07) is 0.140. The van der Waals surface area contributed by atoms with Crippen LogP contribution in [0.25, 0.3) is 5.65 Å². The van der Waals surface area contributed by atoms with E-state index in [2.05, 4.69) is 10.1 Å². The van der Waals surface area contributed by atoms with Crippen molar-refractivity contribution >= 4 is 40.5 Å². The van der Waals surface area contributed by atoms with Crippen molar-refractivity contribution in [2.75, 3.05) is 23.7 Å². The number of nitrogens with zero attached hydrogens (tertiary/aromatic N) is 4. The lowest BCUT2D eigenvalue weighted by Gasteiger charge is -2.19. The molecule has 0 saturated carbocycles. The van der Waals surface area contributed by atoms with E-state index in [0.717, 1.165) is 13.0 Å². The molecule has 0 radical (unpaired) electrons. The van der Waals surface area contributed by atoms with Crippen LogP contribution in [0.1, 0.15) is 6.42 Å². The van der Waals surface area contributed by atoms with Crippen LogP contribution in [-0.4, -0.2) is 33.7 Å². The molecule has 0 aliphatic carbocycles. The van der Waals surface area contributed by atoms with E-state index >= 15 is 0 Å². The van der Waals surface area contributed by atoms with E-state index in [0.29, 0.717) is 33.9 Å². The third-order valence-electron chi connectivity index (χ3n) is 3.09. The number of nitrogens with two attached hydrogens (primary N) is 2. The maximum absolute atomic E-state index is 6.24. The monoisotopic (exact) mass is 286 g/mol. The second-order valence-corrected chi connectivity index (χ2v) is 5.14. The van der Waals surface area contributed by atoms with Crippen molar-refractivity contribution in [2.24, 2.45) is 5.73 Å². The van der Waals surface area contributed by atoms with Crippen LogP contribution in [-0.2, 0) is 0 Å². The molecule has 1 aliphatic rings. The average Bonchev–Trinajstić information content (AvgIpc) is 2.91. The Morgan fingerprint density at radius 1 is 1.39 bits per heavy atom. The number of nitrogen functional groups attached to an aromatic ring is 1. The molecule has 0 amide bonds. The van der Waals surface area contributed by atoms with Gasteiger partial charge in [-0.1, -0.05) is 23.2 Å². The molecule has 4 N–H and O–H groups in total. The van der Waals surface area contributed by atoms with Crippen LogP contribution in [0, 0.1) is 0 Å². The molecule has 8 heteroatoms. The number of aromatic nitrogens is 3. The highest BCUT2D eigenvalue weighted by Gasteiger charge is 2.25. The molecule has 0 spiro atoms. The quantitative estimate of drug-likeness (QED) is 0.822. The van der Waals surface area contributed by atoms with Gasteiger partial charge in [0.1, 0.15) is 15.9 Å². The number of halogens is 2. The normalized spacial score (nSPS) is 19.9. The molecule has 0 aromatic carbocycles. The highest BCUT2D eigenvalue weighted by molar-refractivity contribution is 6.36. The molecule has 1 saturated heterocycles. The summed E-state index contributed by atoms with van der Waals surface area (Å²) in [7, 11) is 0. The Bertz CT molecular complexity index is 610. The van der Waals surface area contributed by atoms with E-state index < -0.39 is 0 Å². The van der Waals surface area contributed by atoms with Crippen molar-refractivity contribution in [3.05, 3.63) is 16.2 Å². The van der Waals surface area contributed by atoms with E-state index in [-0.39, 0.29) is 6.04 Å². The van der Waals surface area contributed by atoms with Gasteiger partial charge in [0.2, 0.25) is 0 Å². The van der Waals surface area contributed by atoms with Gasteiger partial charge < -0.3 is 16.4 Å². The molecule has 6 nitrogen and oxygen atoms in total. The Morgan fingerprint density at radius 2 is 2.17 bits per heavy atom. The molecule has 2 aromatic rings. The van der Waals surface area contributed by atoms with Crippen molar-refractivity contribution in [1.82, 2.24) is 14.6 Å². The second kappa shape index (κ2) is 4.15. The predicted octanol–water partition coefficient (Wildman–Crippen LogP) is 1.16. The third-order valence-corrected chi connectivity index (χ3v) is 3.72. The maximum atomic E-state index is 6.24. The van der Waals surface area contributed by atoms with Gasteiger partial charge in [-0.3, -0.25) is 0 Å². The third kappa shape index (κ3) is 1.68. The van der Waals surface area contributed by atoms with E-state index in [1.54, 1.807) is 0 Å². The lowest BCUT2D eigenvalue weighted by Crippen LogP contribution is -2.27. The fourth-order valence-electron chi connectivity index (χ4n) is 2.15. The van der Waals surface area contributed by atoms with E-state index in [4.69, 9.17) is 34.7 Å². The summed E-state index contributed by atoms with van der Waals surface area (Å²) in [5.74, 6) is 0.959. The van der Waals surface area contributed by atoms with Crippen LogP contribution in [0.4, 0.5) is 11.6 Å². The van der Waals surface area contributed by atoms with Crippen molar-refractivity contribution in [2.45, 2.75) is 12.5 Å². The molecular weight excluding hydrogens is 275 g/mol. The van der Waals surface area contributed by atoms with Gasteiger partial charge in [0.15, 0.2) is 11.5 Å². The highest BCUT2D eigenvalue weighted by atomic mass is 35.5. The molecule has 3 heterocycles. The Balaban J connectivity index is 2.17. The number of anilines is 2. The van der Waals surface area contributed by atoms with Gasteiger partial charge in [-0.15, -0.1) is 0 Å². The van der Waals surface area contributed by atoms with Crippen LogP contribution in [0.3, 0.4) is 0 Å². The lowest BCUT2D eigenvalue weighted by molar-refractivity contribution is 0.751. The summed E-state index contributed by atoms with van der Waals surface area (Å²) >= 11 is 12.3. The zero-order valence-electron chi connectivity index (χ0n) is 9.48. The number of fused-ring (bicyclic) bond motifs is 1. The van der Waals surface area contributed by atoms with E-state index in [9.17, 15) is 0 Å². The molecule has 2 aromatic heterocycles. The van der Waals surface area contributed by atoms with Crippen molar-refractivity contribution in [1.29, 1.82) is 0 Å². The van der Waals surface area contributed by atoms with E-state index in [1.807, 2.05) is 4.90 Å². The molecule has 3 rings (SSSR count). The van der Waals surface area contributed by atoms with Crippen LogP contribution in [0.2, 0.25) is 10.0 Å². The Labute approximate surface area is 113 Å². The summed E-state index contributed by atoms with van der Waals surface area (Å²) in [5, 5.41) is 4.86. The topological polar surface area (TPSA) is 85.5 Å². The molecule has 96 valence electrons. The predicted molar refractivity (Wildman–Crippen MR) is 72.2 cm³/mol. The van der Waals surface area contributed by atoms with Gasteiger partial charge in [-0.2, -0.15) is 9.61 Å². The van der Waals surface area contributed by atoms with Crippen LogP contribution >= 0.6 is 23.2 Å². The molecule has 1 fully saturated rings. The van der Waals surface area contributed by atoms with Gasteiger partial charge in [0, 0.05) is 19.1 Å². The van der Waals surface area contributed by atoms with Gasteiger partial charge in [0.05, 0.1) is 6.20 Å². The average molecular weight is 287 g/mol. The van der Waals surface area contributed by atoms with Crippen LogP contribution < -0.4 is 16.4 Å². The van der Waals surface area contributed by atoms with Gasteiger partial charge in [-0.25, -0.2) is 4.98 Å². The fraction of sp³-hybridized carbons (Fsp3) is 0.400. The highest BCUT2D eigenvalue weighted by Crippen LogP contribution is 2.33. The van der Waals surface area contributed by atoms with Crippen LogP contribution in [0.5, 0.6) is 0 Å². The summed E-state index contributed by atoms with van der Waals surface area (Å²) in [6.07, 6.45) is 2.41. The summed E-state index contributed by atoms with van der Waals surface area (Å²) in [4.78, 5) is 6.46. The number of rotatable bonds is 1. The Hall–Kier alpha value is -1.24. The smallest absolute Gasteiger partial charge is 0.178 e.